The molecule has 0 aromatic carbocycles. The molecule has 19 heavy (non-hydrogen) atoms. The SMILES string of the molecule is C=CC(=O)OC=C(C)C(=O)OCCCCCCCC. The number of carbonyl (C=O) groups excluding carboxylic acids is 2. The molecule has 0 amide bonds. The van der Waals surface area contributed by atoms with Crippen LogP contribution in [0.3, 0.4) is 0 Å². The van der Waals surface area contributed by atoms with Crippen LogP contribution in [0.4, 0.5) is 0 Å². The Labute approximate surface area is 115 Å². The van der Waals surface area contributed by atoms with Gasteiger partial charge in [0.15, 0.2) is 0 Å². The van der Waals surface area contributed by atoms with E-state index in [2.05, 4.69) is 18.2 Å². The Morgan fingerprint density at radius 1 is 1.11 bits per heavy atom. The Bertz CT molecular complexity index is 318. The highest BCUT2D eigenvalue weighted by Gasteiger charge is 2.06. The smallest absolute Gasteiger partial charge is 0.336 e. The first-order valence-corrected chi connectivity index (χ1v) is 6.78. The van der Waals surface area contributed by atoms with E-state index in [0.29, 0.717) is 6.61 Å². The predicted octanol–water partition coefficient (Wildman–Crippen LogP) is 3.52. The summed E-state index contributed by atoms with van der Waals surface area (Å²) in [6.45, 7) is 7.38. The van der Waals surface area contributed by atoms with Gasteiger partial charge in [-0.25, -0.2) is 9.59 Å². The molecule has 0 aliphatic carbocycles. The van der Waals surface area contributed by atoms with Gasteiger partial charge in [0.05, 0.1) is 12.2 Å². The third kappa shape index (κ3) is 10.1. The molecule has 0 aliphatic rings. The van der Waals surface area contributed by atoms with Crippen LogP contribution >= 0.6 is 0 Å². The van der Waals surface area contributed by atoms with Crippen LogP contribution in [-0.2, 0) is 19.1 Å². The summed E-state index contributed by atoms with van der Waals surface area (Å²) in [7, 11) is 0. The Morgan fingerprint density at radius 2 is 1.74 bits per heavy atom. The quantitative estimate of drug-likeness (QED) is 0.263. The summed E-state index contributed by atoms with van der Waals surface area (Å²) in [4.78, 5) is 22.3. The van der Waals surface area contributed by atoms with Crippen molar-refractivity contribution in [3.63, 3.8) is 0 Å². The second-order valence-electron chi connectivity index (χ2n) is 4.35. The molecule has 0 aliphatic heterocycles. The van der Waals surface area contributed by atoms with E-state index in [4.69, 9.17) is 4.74 Å². The average molecular weight is 268 g/mol. The van der Waals surface area contributed by atoms with Crippen LogP contribution in [0.25, 0.3) is 0 Å². The lowest BCUT2D eigenvalue weighted by atomic mass is 10.1. The van der Waals surface area contributed by atoms with E-state index in [0.717, 1.165) is 25.2 Å². The Morgan fingerprint density at radius 3 is 2.37 bits per heavy atom. The number of hydrogen-bond acceptors (Lipinski definition) is 4. The standard InChI is InChI=1S/C15H24O4/c1-4-6-7-8-9-10-11-18-15(17)13(3)12-19-14(16)5-2/h5,12H,2,4,6-11H2,1,3H3. The number of rotatable bonds is 10. The van der Waals surface area contributed by atoms with Gasteiger partial charge in [-0.15, -0.1) is 0 Å². The van der Waals surface area contributed by atoms with E-state index in [9.17, 15) is 9.59 Å². The van der Waals surface area contributed by atoms with Crippen LogP contribution < -0.4 is 0 Å². The fourth-order valence-corrected chi connectivity index (χ4v) is 1.40. The van der Waals surface area contributed by atoms with Gasteiger partial charge in [-0.05, 0) is 13.3 Å². The van der Waals surface area contributed by atoms with Gasteiger partial charge in [-0.1, -0.05) is 45.6 Å². The average Bonchev–Trinajstić information content (AvgIpc) is 2.42. The van der Waals surface area contributed by atoms with Gasteiger partial charge in [-0.2, -0.15) is 0 Å². The minimum atomic E-state index is -0.594. The molecule has 0 fully saturated rings. The monoisotopic (exact) mass is 268 g/mol. The van der Waals surface area contributed by atoms with Gasteiger partial charge < -0.3 is 9.47 Å². The summed E-state index contributed by atoms with van der Waals surface area (Å²) in [6.07, 6.45) is 8.96. The molecule has 0 aromatic heterocycles. The maximum atomic E-state index is 11.5. The molecule has 0 heterocycles. The zero-order valence-corrected chi connectivity index (χ0v) is 11.9. The van der Waals surface area contributed by atoms with Crippen molar-refractivity contribution in [2.24, 2.45) is 0 Å². The van der Waals surface area contributed by atoms with Crippen LogP contribution in [0, 0.1) is 0 Å². The van der Waals surface area contributed by atoms with Crippen molar-refractivity contribution >= 4 is 11.9 Å². The highest BCUT2D eigenvalue weighted by Crippen LogP contribution is 2.06. The minimum absolute atomic E-state index is 0.265. The third-order valence-corrected chi connectivity index (χ3v) is 2.57. The molecule has 0 atom stereocenters. The third-order valence-electron chi connectivity index (χ3n) is 2.57. The van der Waals surface area contributed by atoms with Crippen molar-refractivity contribution in [1.29, 1.82) is 0 Å². The number of unbranched alkanes of at least 4 members (excludes halogenated alkanes) is 5. The van der Waals surface area contributed by atoms with Crippen LogP contribution in [0.1, 0.15) is 52.4 Å². The molecule has 0 spiro atoms. The summed E-state index contributed by atoms with van der Waals surface area (Å²) in [5, 5.41) is 0. The van der Waals surface area contributed by atoms with Gasteiger partial charge in [0.2, 0.25) is 0 Å². The van der Waals surface area contributed by atoms with Crippen molar-refractivity contribution in [1.82, 2.24) is 0 Å². The maximum absolute atomic E-state index is 11.5. The van der Waals surface area contributed by atoms with Crippen LogP contribution in [0.15, 0.2) is 24.5 Å². The van der Waals surface area contributed by atoms with E-state index in [1.54, 1.807) is 6.92 Å². The molecule has 4 nitrogen and oxygen atoms in total. The second-order valence-corrected chi connectivity index (χ2v) is 4.35. The van der Waals surface area contributed by atoms with E-state index in [1.807, 2.05) is 0 Å². The van der Waals surface area contributed by atoms with E-state index in [-0.39, 0.29) is 5.57 Å². The molecule has 0 N–H and O–H groups in total. The Kier molecular flexibility index (Phi) is 10.6. The molecule has 0 rings (SSSR count). The number of hydrogen-bond donors (Lipinski definition) is 0. The Balaban J connectivity index is 3.67. The van der Waals surface area contributed by atoms with Crippen molar-refractivity contribution < 1.29 is 19.1 Å². The molecule has 0 saturated heterocycles. The lowest BCUT2D eigenvalue weighted by Crippen LogP contribution is -2.08. The molecule has 0 bridgehead atoms. The van der Waals surface area contributed by atoms with Crippen LogP contribution in [0.2, 0.25) is 0 Å². The number of ether oxygens (including phenoxy) is 2. The fourth-order valence-electron chi connectivity index (χ4n) is 1.40. The van der Waals surface area contributed by atoms with Crippen molar-refractivity contribution in [2.75, 3.05) is 6.61 Å². The lowest BCUT2D eigenvalue weighted by molar-refractivity contribution is -0.139. The largest absolute Gasteiger partial charge is 0.462 e. The van der Waals surface area contributed by atoms with Gasteiger partial charge in [-0.3, -0.25) is 0 Å². The highest BCUT2D eigenvalue weighted by atomic mass is 16.5. The maximum Gasteiger partial charge on any atom is 0.336 e. The summed E-state index contributed by atoms with van der Waals surface area (Å²) in [6, 6.07) is 0. The molecule has 0 radical (unpaired) electrons. The first-order chi connectivity index (χ1) is 9.11. The fraction of sp³-hybridized carbons (Fsp3) is 0.600. The molecule has 108 valence electrons. The van der Waals surface area contributed by atoms with Gasteiger partial charge >= 0.3 is 11.9 Å². The summed E-state index contributed by atoms with van der Waals surface area (Å²) < 4.78 is 9.68. The highest BCUT2D eigenvalue weighted by molar-refractivity contribution is 5.88. The van der Waals surface area contributed by atoms with Crippen molar-refractivity contribution in [3.05, 3.63) is 24.5 Å². The van der Waals surface area contributed by atoms with Crippen molar-refractivity contribution in [3.8, 4) is 0 Å². The van der Waals surface area contributed by atoms with E-state index in [1.165, 1.54) is 25.7 Å². The Hall–Kier alpha value is -1.58. The van der Waals surface area contributed by atoms with E-state index >= 15 is 0 Å². The molecular weight excluding hydrogens is 244 g/mol. The summed E-state index contributed by atoms with van der Waals surface area (Å²) >= 11 is 0. The minimum Gasteiger partial charge on any atom is -0.462 e. The molecule has 0 aromatic rings. The van der Waals surface area contributed by atoms with Crippen LogP contribution in [-0.4, -0.2) is 18.5 Å². The van der Waals surface area contributed by atoms with Crippen LogP contribution in [0.5, 0.6) is 0 Å². The number of esters is 2. The first kappa shape index (κ1) is 17.4. The zero-order valence-electron chi connectivity index (χ0n) is 11.9. The lowest BCUT2D eigenvalue weighted by Gasteiger charge is -2.04. The molecule has 4 heteroatoms. The molecule has 0 saturated carbocycles. The first-order valence-electron chi connectivity index (χ1n) is 6.78. The van der Waals surface area contributed by atoms with Gasteiger partial charge in [0, 0.05) is 6.08 Å². The number of carbonyl (C=O) groups is 2. The van der Waals surface area contributed by atoms with Gasteiger partial charge in [0.25, 0.3) is 0 Å². The zero-order chi connectivity index (χ0) is 14.5. The molecular formula is C15H24O4. The van der Waals surface area contributed by atoms with E-state index < -0.39 is 11.9 Å². The van der Waals surface area contributed by atoms with Crippen molar-refractivity contribution in [2.45, 2.75) is 52.4 Å². The molecule has 0 unspecified atom stereocenters. The summed E-state index contributed by atoms with van der Waals surface area (Å²) in [5.74, 6) is -1.05. The second kappa shape index (κ2) is 11.5. The summed E-state index contributed by atoms with van der Waals surface area (Å²) in [5.41, 5.74) is 0.265. The van der Waals surface area contributed by atoms with Gasteiger partial charge in [0.1, 0.15) is 6.26 Å². The topological polar surface area (TPSA) is 52.6 Å². The predicted molar refractivity (Wildman–Crippen MR) is 74.4 cm³/mol. The normalized spacial score (nSPS) is 10.9.